The van der Waals surface area contributed by atoms with Gasteiger partial charge < -0.3 is 10.6 Å². The maximum atomic E-state index is 13.2. The molecule has 1 unspecified atom stereocenters. The maximum absolute atomic E-state index is 13.2. The fourth-order valence-corrected chi connectivity index (χ4v) is 3.18. The molecule has 136 valence electrons. The zero-order valence-electron chi connectivity index (χ0n) is 13.9. The van der Waals surface area contributed by atoms with Crippen molar-refractivity contribution in [3.05, 3.63) is 65.6 Å². The van der Waals surface area contributed by atoms with Gasteiger partial charge in [-0.15, -0.1) is 0 Å². The lowest BCUT2D eigenvalue weighted by atomic mass is 10.1. The van der Waals surface area contributed by atoms with Crippen LogP contribution >= 0.6 is 11.6 Å². The van der Waals surface area contributed by atoms with E-state index in [-0.39, 0.29) is 17.4 Å². The Balaban J connectivity index is 1.52. The molecule has 6 nitrogen and oxygen atoms in total. The predicted molar refractivity (Wildman–Crippen MR) is 100.0 cm³/mol. The number of nitrogens with zero attached hydrogens (tertiary/aromatic N) is 2. The summed E-state index contributed by atoms with van der Waals surface area (Å²) in [5, 5.41) is 9.59. The van der Waals surface area contributed by atoms with Gasteiger partial charge in [0.1, 0.15) is 17.7 Å². The third kappa shape index (κ3) is 3.29. The summed E-state index contributed by atoms with van der Waals surface area (Å²) in [6.07, 6.45) is 1.55. The second-order valence-electron chi connectivity index (χ2n) is 6.10. The second-order valence-corrected chi connectivity index (χ2v) is 6.51. The third-order valence-electron chi connectivity index (χ3n) is 4.30. The van der Waals surface area contributed by atoms with Crippen molar-refractivity contribution in [3.63, 3.8) is 0 Å². The van der Waals surface area contributed by atoms with Gasteiger partial charge in [-0.05, 0) is 23.8 Å². The highest BCUT2D eigenvalue weighted by Gasteiger charge is 2.35. The lowest BCUT2D eigenvalue weighted by molar-refractivity contribution is -0.123. The fourth-order valence-electron chi connectivity index (χ4n) is 3.00. The molecule has 0 saturated heterocycles. The zero-order valence-corrected chi connectivity index (χ0v) is 14.7. The van der Waals surface area contributed by atoms with Crippen molar-refractivity contribution in [3.8, 4) is 11.1 Å². The standard InChI is InChI=1S/C19H14ClFN4O2/c20-14-8-12(6-7-15(14)21)23-17(26)9-16-19(27)24-18-13(10-22-25(16)18)11-4-2-1-3-5-11/h1-8,10,16H,9H2,(H,23,26)(H,24,27). The molecule has 0 saturated carbocycles. The molecule has 0 aliphatic carbocycles. The highest BCUT2D eigenvalue weighted by molar-refractivity contribution is 6.31. The molecule has 0 fully saturated rings. The summed E-state index contributed by atoms with van der Waals surface area (Å²) in [7, 11) is 0. The molecule has 8 heteroatoms. The first kappa shape index (κ1) is 17.2. The Morgan fingerprint density at radius 1 is 1.26 bits per heavy atom. The van der Waals surface area contributed by atoms with Gasteiger partial charge in [-0.1, -0.05) is 41.9 Å². The van der Waals surface area contributed by atoms with E-state index in [0.29, 0.717) is 11.5 Å². The summed E-state index contributed by atoms with van der Waals surface area (Å²) in [4.78, 5) is 24.7. The van der Waals surface area contributed by atoms with Crippen LogP contribution in [-0.4, -0.2) is 21.6 Å². The van der Waals surface area contributed by atoms with Gasteiger partial charge in [0.2, 0.25) is 5.91 Å². The maximum Gasteiger partial charge on any atom is 0.251 e. The molecule has 3 aromatic rings. The molecule has 0 spiro atoms. The largest absolute Gasteiger partial charge is 0.326 e. The van der Waals surface area contributed by atoms with Crippen molar-refractivity contribution in [2.24, 2.45) is 0 Å². The zero-order chi connectivity index (χ0) is 19.0. The van der Waals surface area contributed by atoms with E-state index in [4.69, 9.17) is 11.6 Å². The molecule has 0 bridgehead atoms. The Morgan fingerprint density at radius 2 is 2.04 bits per heavy atom. The van der Waals surface area contributed by atoms with Crippen molar-refractivity contribution in [2.75, 3.05) is 10.6 Å². The molecular weight excluding hydrogens is 371 g/mol. The Morgan fingerprint density at radius 3 is 2.78 bits per heavy atom. The number of rotatable bonds is 4. The van der Waals surface area contributed by atoms with E-state index in [9.17, 15) is 14.0 Å². The van der Waals surface area contributed by atoms with Crippen LogP contribution in [0.25, 0.3) is 11.1 Å². The monoisotopic (exact) mass is 384 g/mol. The number of hydrogen-bond donors (Lipinski definition) is 2. The SMILES string of the molecule is O=C(CC1C(=O)Nc2c(-c3ccccc3)cnn21)Nc1ccc(F)c(Cl)c1. The van der Waals surface area contributed by atoms with E-state index < -0.39 is 17.8 Å². The molecule has 1 atom stereocenters. The Hall–Kier alpha value is -3.19. The summed E-state index contributed by atoms with van der Waals surface area (Å²) in [5.41, 5.74) is 2.07. The van der Waals surface area contributed by atoms with Crippen LogP contribution in [0.15, 0.2) is 54.7 Å². The number of carbonyl (C=O) groups is 2. The third-order valence-corrected chi connectivity index (χ3v) is 4.59. The molecule has 2 heterocycles. The van der Waals surface area contributed by atoms with Gasteiger partial charge in [-0.25, -0.2) is 9.07 Å². The van der Waals surface area contributed by atoms with Gasteiger partial charge in [-0.3, -0.25) is 9.59 Å². The quantitative estimate of drug-likeness (QED) is 0.717. The normalized spacial score (nSPS) is 15.3. The molecule has 4 rings (SSSR count). The summed E-state index contributed by atoms with van der Waals surface area (Å²) >= 11 is 5.71. The highest BCUT2D eigenvalue weighted by atomic mass is 35.5. The first-order valence-corrected chi connectivity index (χ1v) is 8.59. The lowest BCUT2D eigenvalue weighted by Gasteiger charge is -2.10. The number of amides is 2. The van der Waals surface area contributed by atoms with E-state index in [0.717, 1.165) is 17.2 Å². The summed E-state index contributed by atoms with van der Waals surface area (Å²) in [6.45, 7) is 0. The summed E-state index contributed by atoms with van der Waals surface area (Å²) in [5.74, 6) is -0.710. The van der Waals surface area contributed by atoms with Crippen molar-refractivity contribution >= 4 is 34.9 Å². The number of fused-ring (bicyclic) bond motifs is 1. The van der Waals surface area contributed by atoms with Crippen LogP contribution in [0.5, 0.6) is 0 Å². The molecule has 2 amide bonds. The van der Waals surface area contributed by atoms with Gasteiger partial charge >= 0.3 is 0 Å². The van der Waals surface area contributed by atoms with Crippen LogP contribution in [0.4, 0.5) is 15.9 Å². The van der Waals surface area contributed by atoms with Gasteiger partial charge in [0.25, 0.3) is 5.91 Å². The molecule has 27 heavy (non-hydrogen) atoms. The van der Waals surface area contributed by atoms with Crippen LogP contribution in [0, 0.1) is 5.82 Å². The minimum Gasteiger partial charge on any atom is -0.326 e. The van der Waals surface area contributed by atoms with Crippen molar-refractivity contribution < 1.29 is 14.0 Å². The molecule has 1 aliphatic rings. The first-order valence-electron chi connectivity index (χ1n) is 8.21. The van der Waals surface area contributed by atoms with Crippen molar-refractivity contribution in [2.45, 2.75) is 12.5 Å². The minimum atomic E-state index is -0.756. The molecular formula is C19H14ClFN4O2. The van der Waals surface area contributed by atoms with E-state index in [1.807, 2.05) is 30.3 Å². The number of hydrogen-bond acceptors (Lipinski definition) is 3. The van der Waals surface area contributed by atoms with Crippen LogP contribution < -0.4 is 10.6 Å². The van der Waals surface area contributed by atoms with Gasteiger partial charge in [0.05, 0.1) is 17.6 Å². The number of halogens is 2. The fraction of sp³-hybridized carbons (Fsp3) is 0.105. The summed E-state index contributed by atoms with van der Waals surface area (Å²) in [6, 6.07) is 12.7. The van der Waals surface area contributed by atoms with Crippen LogP contribution in [0.2, 0.25) is 5.02 Å². The molecule has 2 N–H and O–H groups in total. The van der Waals surface area contributed by atoms with Gasteiger partial charge in [0, 0.05) is 11.3 Å². The Labute approximate surface area is 158 Å². The first-order chi connectivity index (χ1) is 13.0. The van der Waals surface area contributed by atoms with Crippen LogP contribution in [-0.2, 0) is 9.59 Å². The smallest absolute Gasteiger partial charge is 0.251 e. The van der Waals surface area contributed by atoms with Gasteiger partial charge in [-0.2, -0.15) is 5.10 Å². The topological polar surface area (TPSA) is 76.0 Å². The molecule has 1 aromatic heterocycles. The Kier molecular flexibility index (Phi) is 4.37. The van der Waals surface area contributed by atoms with Crippen molar-refractivity contribution in [1.29, 1.82) is 0 Å². The lowest BCUT2D eigenvalue weighted by Crippen LogP contribution is -2.23. The number of benzene rings is 2. The van der Waals surface area contributed by atoms with E-state index in [2.05, 4.69) is 15.7 Å². The highest BCUT2D eigenvalue weighted by Crippen LogP contribution is 2.35. The van der Waals surface area contributed by atoms with E-state index in [1.54, 1.807) is 6.20 Å². The summed E-state index contributed by atoms with van der Waals surface area (Å²) < 4.78 is 14.7. The molecule has 1 aliphatic heterocycles. The average molecular weight is 385 g/mol. The average Bonchev–Trinajstić information content (AvgIpc) is 3.19. The van der Waals surface area contributed by atoms with E-state index in [1.165, 1.54) is 16.8 Å². The molecule has 0 radical (unpaired) electrons. The Bertz CT molecular complexity index is 1040. The van der Waals surface area contributed by atoms with Gasteiger partial charge in [0.15, 0.2) is 0 Å². The molecule has 2 aromatic carbocycles. The van der Waals surface area contributed by atoms with Crippen LogP contribution in [0.3, 0.4) is 0 Å². The minimum absolute atomic E-state index is 0.0896. The van der Waals surface area contributed by atoms with E-state index >= 15 is 0 Å². The van der Waals surface area contributed by atoms with Crippen molar-refractivity contribution in [1.82, 2.24) is 9.78 Å². The number of anilines is 2. The predicted octanol–water partition coefficient (Wildman–Crippen LogP) is 3.86. The number of nitrogens with one attached hydrogen (secondary N) is 2. The second kappa shape index (κ2) is 6.85. The number of aromatic nitrogens is 2. The van der Waals surface area contributed by atoms with Crippen LogP contribution in [0.1, 0.15) is 12.5 Å². The number of carbonyl (C=O) groups excluding carboxylic acids is 2.